The molecule has 1 fully saturated rings. The molecule has 1 aliphatic rings. The SMILES string of the molecule is COc1cc(C[C@H]2COC(=O)[C@@H]2[C@@H](O[Si](C(C)C)(C(C)C)C(C)C)c2ccc(Cc3ccccc3)c(OC)c2)ccc1Cc1ccccc1. The Bertz CT molecular complexity index is 1640. The number of methoxy groups -OCH3 is 2. The summed E-state index contributed by atoms with van der Waals surface area (Å²) in [6.07, 6.45) is 1.77. The second-order valence-corrected chi connectivity index (χ2v) is 19.9. The van der Waals surface area contributed by atoms with E-state index in [1.807, 2.05) is 12.1 Å². The highest BCUT2D eigenvalue weighted by atomic mass is 28.4. The molecule has 4 aromatic carbocycles. The van der Waals surface area contributed by atoms with Gasteiger partial charge in [-0.25, -0.2) is 0 Å². The van der Waals surface area contributed by atoms with Crippen LogP contribution in [0.15, 0.2) is 97.1 Å². The van der Waals surface area contributed by atoms with E-state index in [1.165, 1.54) is 11.1 Å². The molecule has 0 aliphatic carbocycles. The molecule has 5 nitrogen and oxygen atoms in total. The Balaban J connectivity index is 1.52. The molecule has 0 amide bonds. The van der Waals surface area contributed by atoms with Crippen molar-refractivity contribution < 1.29 is 23.4 Å². The largest absolute Gasteiger partial charge is 0.496 e. The Morgan fingerprint density at radius 2 is 1.18 bits per heavy atom. The summed E-state index contributed by atoms with van der Waals surface area (Å²) in [4.78, 5) is 13.9. The molecule has 1 aliphatic heterocycles. The zero-order valence-corrected chi connectivity index (χ0v) is 31.6. The Kier molecular flexibility index (Phi) is 12.1. The second-order valence-electron chi connectivity index (χ2n) is 14.5. The van der Waals surface area contributed by atoms with E-state index in [9.17, 15) is 4.79 Å². The first kappa shape index (κ1) is 36.4. The van der Waals surface area contributed by atoms with Gasteiger partial charge in [0.25, 0.3) is 0 Å². The fraction of sp³-hybridized carbons (Fsp3) is 0.419. The van der Waals surface area contributed by atoms with E-state index in [4.69, 9.17) is 18.6 Å². The molecule has 0 aromatic heterocycles. The third kappa shape index (κ3) is 8.13. The van der Waals surface area contributed by atoms with Crippen LogP contribution < -0.4 is 9.47 Å². The van der Waals surface area contributed by atoms with Gasteiger partial charge in [-0.1, -0.05) is 126 Å². The van der Waals surface area contributed by atoms with Crippen LogP contribution in [0.3, 0.4) is 0 Å². The van der Waals surface area contributed by atoms with Gasteiger partial charge in [-0.3, -0.25) is 4.79 Å². The van der Waals surface area contributed by atoms with Gasteiger partial charge < -0.3 is 18.6 Å². The van der Waals surface area contributed by atoms with Gasteiger partial charge in [0.15, 0.2) is 0 Å². The Morgan fingerprint density at radius 3 is 1.69 bits per heavy atom. The van der Waals surface area contributed by atoms with Crippen LogP contribution in [-0.2, 0) is 33.2 Å². The summed E-state index contributed by atoms with van der Waals surface area (Å²) in [5, 5.41) is 0. The summed E-state index contributed by atoms with van der Waals surface area (Å²) < 4.78 is 25.4. The van der Waals surface area contributed by atoms with Crippen molar-refractivity contribution in [3.63, 3.8) is 0 Å². The predicted molar refractivity (Wildman–Crippen MR) is 201 cm³/mol. The van der Waals surface area contributed by atoms with Crippen molar-refractivity contribution in [2.75, 3.05) is 20.8 Å². The third-order valence-corrected chi connectivity index (χ3v) is 16.6. The number of benzene rings is 4. The molecule has 0 spiro atoms. The average molecular weight is 679 g/mol. The number of rotatable bonds is 15. The molecule has 0 saturated carbocycles. The van der Waals surface area contributed by atoms with Gasteiger partial charge >= 0.3 is 5.97 Å². The first-order valence-corrected chi connectivity index (χ1v) is 20.0. The van der Waals surface area contributed by atoms with E-state index < -0.39 is 20.3 Å². The van der Waals surface area contributed by atoms with Crippen LogP contribution >= 0.6 is 0 Å². The van der Waals surface area contributed by atoms with Gasteiger partial charge in [-0.15, -0.1) is 0 Å². The lowest BCUT2D eigenvalue weighted by atomic mass is 9.82. The second kappa shape index (κ2) is 16.2. The summed E-state index contributed by atoms with van der Waals surface area (Å²) in [5.41, 5.74) is 7.85. The Labute approximate surface area is 295 Å². The zero-order chi connectivity index (χ0) is 35.1. The highest BCUT2D eigenvalue weighted by molar-refractivity contribution is 6.77. The maximum Gasteiger partial charge on any atom is 0.312 e. The molecule has 6 heteroatoms. The molecule has 0 bridgehead atoms. The van der Waals surface area contributed by atoms with Crippen LogP contribution in [0.1, 0.15) is 81.0 Å². The first-order chi connectivity index (χ1) is 23.6. The minimum atomic E-state index is -2.42. The van der Waals surface area contributed by atoms with Crippen LogP contribution in [0.5, 0.6) is 11.5 Å². The molecule has 5 rings (SSSR count). The van der Waals surface area contributed by atoms with Crippen LogP contribution in [0.25, 0.3) is 0 Å². The standard InChI is InChI=1S/C43H54O5Si/c1-29(2)49(30(3)4,31(5)6)48-42(37-22-21-36(40(27-37)46-8)24-33-17-13-10-14-18-33)41-38(28-47-43(41)44)25-34-19-20-35(39(26-34)45-7)23-32-15-11-9-12-16-32/h9-22,26-27,29-31,38,41-42H,23-25,28H2,1-8H3/t38-,41-,42-/m0/s1. The molecule has 49 heavy (non-hydrogen) atoms. The molecule has 3 atom stereocenters. The van der Waals surface area contributed by atoms with Gasteiger partial charge in [-0.05, 0) is 68.6 Å². The molecule has 0 unspecified atom stereocenters. The lowest BCUT2D eigenvalue weighted by Crippen LogP contribution is -2.50. The fourth-order valence-corrected chi connectivity index (χ4v) is 13.7. The van der Waals surface area contributed by atoms with E-state index in [0.717, 1.165) is 46.6 Å². The molecular weight excluding hydrogens is 625 g/mol. The van der Waals surface area contributed by atoms with Crippen molar-refractivity contribution in [3.05, 3.63) is 130 Å². The van der Waals surface area contributed by atoms with E-state index in [0.29, 0.717) is 29.7 Å². The minimum Gasteiger partial charge on any atom is -0.496 e. The van der Waals surface area contributed by atoms with Crippen molar-refractivity contribution >= 4 is 14.3 Å². The molecule has 1 heterocycles. The molecule has 1 saturated heterocycles. The number of esters is 1. The van der Waals surface area contributed by atoms with Crippen molar-refractivity contribution in [1.82, 2.24) is 0 Å². The molecule has 0 radical (unpaired) electrons. The first-order valence-electron chi connectivity index (χ1n) is 17.8. The van der Waals surface area contributed by atoms with Crippen molar-refractivity contribution in [2.24, 2.45) is 11.8 Å². The summed E-state index contributed by atoms with van der Waals surface area (Å²) in [7, 11) is 1.03. The quantitative estimate of drug-likeness (QED) is 0.0925. The van der Waals surface area contributed by atoms with E-state index in [1.54, 1.807) is 14.2 Å². The summed E-state index contributed by atoms with van der Waals surface area (Å²) in [5.74, 6) is 0.968. The average Bonchev–Trinajstić information content (AvgIpc) is 3.45. The maximum atomic E-state index is 13.9. The maximum absolute atomic E-state index is 13.9. The molecule has 4 aromatic rings. The van der Waals surface area contributed by atoms with Crippen molar-refractivity contribution in [3.8, 4) is 11.5 Å². The molecule has 260 valence electrons. The number of cyclic esters (lactones) is 1. The fourth-order valence-electron chi connectivity index (χ4n) is 8.20. The number of hydrogen-bond acceptors (Lipinski definition) is 5. The normalized spacial score (nSPS) is 17.1. The highest BCUT2D eigenvalue weighted by Crippen LogP contribution is 2.49. The van der Waals surface area contributed by atoms with Gasteiger partial charge in [0.2, 0.25) is 8.32 Å². The van der Waals surface area contributed by atoms with Gasteiger partial charge in [0.1, 0.15) is 11.5 Å². The van der Waals surface area contributed by atoms with E-state index >= 15 is 0 Å². The summed E-state index contributed by atoms with van der Waals surface area (Å²) in [6.45, 7) is 14.1. The number of carbonyl (C=O) groups excluding carboxylic acids is 1. The van der Waals surface area contributed by atoms with Crippen LogP contribution in [0.4, 0.5) is 0 Å². The highest BCUT2D eigenvalue weighted by Gasteiger charge is 2.51. The summed E-state index contributed by atoms with van der Waals surface area (Å²) in [6, 6.07) is 33.7. The van der Waals surface area contributed by atoms with Crippen molar-refractivity contribution in [2.45, 2.75) is 83.5 Å². The van der Waals surface area contributed by atoms with Crippen LogP contribution in [0, 0.1) is 11.8 Å². The number of carbonyl (C=O) groups is 1. The monoisotopic (exact) mass is 678 g/mol. The Morgan fingerprint density at radius 1 is 0.673 bits per heavy atom. The summed E-state index contributed by atoms with van der Waals surface area (Å²) >= 11 is 0. The van der Waals surface area contributed by atoms with Gasteiger partial charge in [-0.2, -0.15) is 0 Å². The Hall–Kier alpha value is -3.87. The van der Waals surface area contributed by atoms with Crippen LogP contribution in [0.2, 0.25) is 16.6 Å². The van der Waals surface area contributed by atoms with Gasteiger partial charge in [0, 0.05) is 18.8 Å². The number of hydrogen-bond donors (Lipinski definition) is 0. The van der Waals surface area contributed by atoms with Gasteiger partial charge in [0.05, 0.1) is 32.8 Å². The lowest BCUT2D eigenvalue weighted by molar-refractivity contribution is -0.144. The predicted octanol–water partition coefficient (Wildman–Crippen LogP) is 10.2. The van der Waals surface area contributed by atoms with E-state index in [-0.39, 0.29) is 11.9 Å². The van der Waals surface area contributed by atoms with Crippen LogP contribution in [-0.4, -0.2) is 35.1 Å². The van der Waals surface area contributed by atoms with E-state index in [2.05, 4.69) is 126 Å². The lowest BCUT2D eigenvalue weighted by Gasteiger charge is -2.46. The van der Waals surface area contributed by atoms with Crippen molar-refractivity contribution in [1.29, 1.82) is 0 Å². The third-order valence-electron chi connectivity index (χ3n) is 10.5. The smallest absolute Gasteiger partial charge is 0.312 e. The number of ether oxygens (including phenoxy) is 3. The molecule has 0 N–H and O–H groups in total. The topological polar surface area (TPSA) is 54.0 Å². The zero-order valence-electron chi connectivity index (χ0n) is 30.6. The molecular formula is C43H54O5Si. The minimum absolute atomic E-state index is 0.0599.